The van der Waals surface area contributed by atoms with E-state index in [1.165, 1.54) is 6.07 Å². The maximum absolute atomic E-state index is 12.2. The number of nitrogens with two attached hydrogens (primary N) is 1. The van der Waals surface area contributed by atoms with E-state index in [2.05, 4.69) is 15.5 Å². The van der Waals surface area contributed by atoms with Crippen LogP contribution in [0.15, 0.2) is 48.7 Å². The molecule has 2 aromatic carbocycles. The molecule has 1 aromatic heterocycles. The predicted octanol–water partition coefficient (Wildman–Crippen LogP) is 1.91. The minimum atomic E-state index is -0.537. The number of H-pyrrole nitrogens is 1. The van der Waals surface area contributed by atoms with Crippen LogP contribution in [-0.4, -0.2) is 22.0 Å². The molecule has 0 spiro atoms. The van der Waals surface area contributed by atoms with E-state index in [-0.39, 0.29) is 5.91 Å². The van der Waals surface area contributed by atoms with Gasteiger partial charge in [-0.3, -0.25) is 14.7 Å². The summed E-state index contributed by atoms with van der Waals surface area (Å²) in [6.07, 6.45) is 1.69. The molecule has 0 saturated heterocycles. The largest absolute Gasteiger partial charge is 0.366 e. The van der Waals surface area contributed by atoms with E-state index in [0.717, 1.165) is 10.9 Å². The van der Waals surface area contributed by atoms with Crippen molar-refractivity contribution in [2.45, 2.75) is 0 Å². The zero-order valence-electron chi connectivity index (χ0n) is 11.0. The summed E-state index contributed by atoms with van der Waals surface area (Å²) in [5.74, 6) is -0.807. The zero-order valence-corrected chi connectivity index (χ0v) is 11.0. The Kier molecular flexibility index (Phi) is 3.12. The second-order valence-corrected chi connectivity index (χ2v) is 4.57. The number of carbonyl (C=O) groups excluding carboxylic acids is 2. The van der Waals surface area contributed by atoms with Crippen molar-refractivity contribution in [2.24, 2.45) is 5.73 Å². The van der Waals surface area contributed by atoms with E-state index in [1.54, 1.807) is 36.5 Å². The summed E-state index contributed by atoms with van der Waals surface area (Å²) >= 11 is 0. The lowest BCUT2D eigenvalue weighted by Crippen LogP contribution is -2.14. The van der Waals surface area contributed by atoms with Crippen LogP contribution in [0.2, 0.25) is 0 Å². The molecule has 0 aliphatic rings. The third-order valence-corrected chi connectivity index (χ3v) is 3.11. The van der Waals surface area contributed by atoms with Crippen LogP contribution in [-0.2, 0) is 0 Å². The van der Waals surface area contributed by atoms with Gasteiger partial charge in [0, 0.05) is 22.2 Å². The van der Waals surface area contributed by atoms with Gasteiger partial charge in [-0.2, -0.15) is 5.10 Å². The third kappa shape index (κ3) is 2.59. The van der Waals surface area contributed by atoms with Gasteiger partial charge in [0.2, 0.25) is 5.91 Å². The number of primary amides is 1. The van der Waals surface area contributed by atoms with Crippen LogP contribution in [0, 0.1) is 0 Å². The molecule has 0 unspecified atom stereocenters. The molecule has 0 aliphatic carbocycles. The summed E-state index contributed by atoms with van der Waals surface area (Å²) in [5.41, 5.74) is 7.35. The van der Waals surface area contributed by atoms with Crippen LogP contribution in [0.1, 0.15) is 20.7 Å². The molecule has 1 heterocycles. The molecule has 6 nitrogen and oxygen atoms in total. The third-order valence-electron chi connectivity index (χ3n) is 3.11. The fraction of sp³-hybridized carbons (Fsp3) is 0. The molecule has 2 amide bonds. The molecule has 0 saturated carbocycles. The highest BCUT2D eigenvalue weighted by Crippen LogP contribution is 2.15. The second kappa shape index (κ2) is 5.09. The molecule has 0 radical (unpaired) electrons. The van der Waals surface area contributed by atoms with Gasteiger partial charge in [0.15, 0.2) is 0 Å². The van der Waals surface area contributed by atoms with Gasteiger partial charge in [-0.1, -0.05) is 12.1 Å². The van der Waals surface area contributed by atoms with Crippen molar-refractivity contribution < 1.29 is 9.59 Å². The van der Waals surface area contributed by atoms with Gasteiger partial charge in [-0.15, -0.1) is 0 Å². The molecule has 0 aliphatic heterocycles. The fourth-order valence-electron chi connectivity index (χ4n) is 2.03. The average molecular weight is 280 g/mol. The normalized spacial score (nSPS) is 10.5. The SMILES string of the molecule is NC(=O)c1cccc(NC(=O)c2ccc3cn[nH]c3c2)c1. The predicted molar refractivity (Wildman–Crippen MR) is 79.0 cm³/mol. The Balaban J connectivity index is 1.85. The van der Waals surface area contributed by atoms with E-state index in [4.69, 9.17) is 5.73 Å². The summed E-state index contributed by atoms with van der Waals surface area (Å²) in [4.78, 5) is 23.3. The number of benzene rings is 2. The molecule has 104 valence electrons. The number of carbonyl (C=O) groups is 2. The van der Waals surface area contributed by atoms with Crippen LogP contribution in [0.5, 0.6) is 0 Å². The Bertz CT molecular complexity index is 838. The van der Waals surface area contributed by atoms with Crippen molar-refractivity contribution in [3.05, 3.63) is 59.8 Å². The molecular formula is C15H12N4O2. The zero-order chi connectivity index (χ0) is 14.8. The first kappa shape index (κ1) is 12.9. The molecule has 3 aromatic rings. The van der Waals surface area contributed by atoms with Gasteiger partial charge in [-0.25, -0.2) is 0 Å². The standard InChI is InChI=1S/C15H12N4O2/c16-14(20)9-2-1-3-12(6-9)18-15(21)10-4-5-11-8-17-19-13(11)7-10/h1-8H,(H2,16,20)(H,17,19)(H,18,21). The number of hydrogen-bond acceptors (Lipinski definition) is 3. The summed E-state index contributed by atoms with van der Waals surface area (Å²) < 4.78 is 0. The van der Waals surface area contributed by atoms with Crippen molar-refractivity contribution in [3.8, 4) is 0 Å². The van der Waals surface area contributed by atoms with Gasteiger partial charge < -0.3 is 11.1 Å². The van der Waals surface area contributed by atoms with Gasteiger partial charge in [0.05, 0.1) is 11.7 Å². The Labute approximate surface area is 120 Å². The van der Waals surface area contributed by atoms with Crippen molar-refractivity contribution in [3.63, 3.8) is 0 Å². The highest BCUT2D eigenvalue weighted by atomic mass is 16.2. The second-order valence-electron chi connectivity index (χ2n) is 4.57. The van der Waals surface area contributed by atoms with Crippen LogP contribution in [0.3, 0.4) is 0 Å². The lowest BCUT2D eigenvalue weighted by molar-refractivity contribution is 0.0996. The Morgan fingerprint density at radius 3 is 2.76 bits per heavy atom. The molecular weight excluding hydrogens is 268 g/mol. The molecule has 4 N–H and O–H groups in total. The number of nitrogens with zero attached hydrogens (tertiary/aromatic N) is 1. The Morgan fingerprint density at radius 2 is 1.95 bits per heavy atom. The number of aromatic nitrogens is 2. The quantitative estimate of drug-likeness (QED) is 0.683. The summed E-state index contributed by atoms with van der Waals surface area (Å²) in [6, 6.07) is 11.7. The first-order chi connectivity index (χ1) is 10.1. The van der Waals surface area contributed by atoms with Gasteiger partial charge in [0.25, 0.3) is 5.91 Å². The number of rotatable bonds is 3. The first-order valence-corrected chi connectivity index (χ1v) is 6.28. The molecule has 3 rings (SSSR count). The van der Waals surface area contributed by atoms with Crippen molar-refractivity contribution >= 4 is 28.4 Å². The number of hydrogen-bond donors (Lipinski definition) is 3. The van der Waals surface area contributed by atoms with Crippen LogP contribution in [0.25, 0.3) is 10.9 Å². The summed E-state index contributed by atoms with van der Waals surface area (Å²) in [6.45, 7) is 0. The maximum Gasteiger partial charge on any atom is 0.255 e. The molecule has 0 atom stereocenters. The van der Waals surface area contributed by atoms with E-state index < -0.39 is 5.91 Å². The lowest BCUT2D eigenvalue weighted by Gasteiger charge is -2.06. The molecule has 0 bridgehead atoms. The minimum absolute atomic E-state index is 0.270. The van der Waals surface area contributed by atoms with Crippen molar-refractivity contribution in [2.75, 3.05) is 5.32 Å². The number of amides is 2. The maximum atomic E-state index is 12.2. The van der Waals surface area contributed by atoms with Crippen LogP contribution >= 0.6 is 0 Å². The van der Waals surface area contributed by atoms with E-state index in [9.17, 15) is 9.59 Å². The molecule has 0 fully saturated rings. The summed E-state index contributed by atoms with van der Waals surface area (Å²) in [5, 5.41) is 10.4. The minimum Gasteiger partial charge on any atom is -0.366 e. The Hall–Kier alpha value is -3.15. The van der Waals surface area contributed by atoms with Crippen LogP contribution < -0.4 is 11.1 Å². The van der Waals surface area contributed by atoms with Crippen molar-refractivity contribution in [1.29, 1.82) is 0 Å². The number of anilines is 1. The first-order valence-electron chi connectivity index (χ1n) is 6.28. The number of nitrogens with one attached hydrogen (secondary N) is 2. The van der Waals surface area contributed by atoms with Crippen LogP contribution in [0.4, 0.5) is 5.69 Å². The van der Waals surface area contributed by atoms with Gasteiger partial charge in [0.1, 0.15) is 0 Å². The monoisotopic (exact) mass is 280 g/mol. The van der Waals surface area contributed by atoms with Gasteiger partial charge >= 0.3 is 0 Å². The number of aromatic amines is 1. The van der Waals surface area contributed by atoms with E-state index in [0.29, 0.717) is 16.8 Å². The van der Waals surface area contributed by atoms with Crippen molar-refractivity contribution in [1.82, 2.24) is 10.2 Å². The van der Waals surface area contributed by atoms with Gasteiger partial charge in [-0.05, 0) is 30.3 Å². The topological polar surface area (TPSA) is 101 Å². The molecule has 21 heavy (non-hydrogen) atoms. The van der Waals surface area contributed by atoms with E-state index >= 15 is 0 Å². The number of fused-ring (bicyclic) bond motifs is 1. The molecule has 6 heteroatoms. The summed E-state index contributed by atoms with van der Waals surface area (Å²) in [7, 11) is 0. The average Bonchev–Trinajstić information content (AvgIpc) is 2.94. The highest BCUT2D eigenvalue weighted by molar-refractivity contribution is 6.06. The highest BCUT2D eigenvalue weighted by Gasteiger charge is 2.09. The Morgan fingerprint density at radius 1 is 1.10 bits per heavy atom. The smallest absolute Gasteiger partial charge is 0.255 e. The lowest BCUT2D eigenvalue weighted by atomic mass is 10.1. The van der Waals surface area contributed by atoms with E-state index in [1.807, 2.05) is 6.07 Å². The fourth-order valence-corrected chi connectivity index (χ4v) is 2.03.